The molecule has 0 saturated heterocycles. The third kappa shape index (κ3) is 4.86. The van der Waals surface area contributed by atoms with Crippen molar-refractivity contribution in [1.29, 1.82) is 0 Å². The summed E-state index contributed by atoms with van der Waals surface area (Å²) in [7, 11) is 0. The van der Waals surface area contributed by atoms with E-state index in [1.54, 1.807) is 54.6 Å². The molecule has 0 aliphatic heterocycles. The van der Waals surface area contributed by atoms with Crippen LogP contribution >= 0.6 is 11.6 Å². The lowest BCUT2D eigenvalue weighted by Crippen LogP contribution is -2.29. The molecule has 0 saturated carbocycles. The SMILES string of the molecule is Cc1ccc(Cl)cc1NC(=O)C(=O)Nc1ccccc1Oc1ccccc1. The first-order valence-electron chi connectivity index (χ1n) is 8.23. The van der Waals surface area contributed by atoms with E-state index in [9.17, 15) is 9.59 Å². The average Bonchev–Trinajstić information content (AvgIpc) is 2.67. The molecule has 3 aromatic carbocycles. The van der Waals surface area contributed by atoms with Crippen LogP contribution in [-0.2, 0) is 9.59 Å². The first-order chi connectivity index (χ1) is 13.0. The van der Waals surface area contributed by atoms with Crippen molar-refractivity contribution in [1.82, 2.24) is 0 Å². The summed E-state index contributed by atoms with van der Waals surface area (Å²) in [5, 5.41) is 5.61. The van der Waals surface area contributed by atoms with E-state index in [1.165, 1.54) is 0 Å². The van der Waals surface area contributed by atoms with Crippen LogP contribution in [0.25, 0.3) is 0 Å². The van der Waals surface area contributed by atoms with Crippen LogP contribution in [0.3, 0.4) is 0 Å². The van der Waals surface area contributed by atoms with Gasteiger partial charge >= 0.3 is 11.8 Å². The predicted molar refractivity (Wildman–Crippen MR) is 106 cm³/mol. The summed E-state index contributed by atoms with van der Waals surface area (Å²) in [6.07, 6.45) is 0. The second-order valence-corrected chi connectivity index (χ2v) is 6.22. The minimum absolute atomic E-state index is 0.393. The van der Waals surface area contributed by atoms with Gasteiger partial charge in [-0.1, -0.05) is 48.0 Å². The number of benzene rings is 3. The molecule has 0 bridgehead atoms. The van der Waals surface area contributed by atoms with Crippen LogP contribution in [0.15, 0.2) is 72.8 Å². The molecule has 0 heterocycles. The Labute approximate surface area is 161 Å². The van der Waals surface area contributed by atoms with Gasteiger partial charge in [-0.05, 0) is 48.9 Å². The lowest BCUT2D eigenvalue weighted by molar-refractivity contribution is -0.133. The highest BCUT2D eigenvalue weighted by atomic mass is 35.5. The van der Waals surface area contributed by atoms with Gasteiger partial charge in [0.05, 0.1) is 5.69 Å². The maximum atomic E-state index is 12.3. The molecule has 136 valence electrons. The van der Waals surface area contributed by atoms with E-state index in [0.717, 1.165) is 5.56 Å². The maximum absolute atomic E-state index is 12.3. The third-order valence-electron chi connectivity index (χ3n) is 3.76. The molecule has 3 aromatic rings. The van der Waals surface area contributed by atoms with Gasteiger partial charge in [0.2, 0.25) is 0 Å². The highest BCUT2D eigenvalue weighted by Crippen LogP contribution is 2.29. The molecule has 27 heavy (non-hydrogen) atoms. The topological polar surface area (TPSA) is 67.4 Å². The van der Waals surface area contributed by atoms with Gasteiger partial charge in [0.1, 0.15) is 5.75 Å². The van der Waals surface area contributed by atoms with Crippen LogP contribution in [-0.4, -0.2) is 11.8 Å². The van der Waals surface area contributed by atoms with E-state index in [-0.39, 0.29) is 0 Å². The molecule has 0 atom stereocenters. The number of hydrogen-bond acceptors (Lipinski definition) is 3. The van der Waals surface area contributed by atoms with E-state index in [4.69, 9.17) is 16.3 Å². The molecule has 6 heteroatoms. The summed E-state index contributed by atoms with van der Waals surface area (Å²) in [4.78, 5) is 24.5. The lowest BCUT2D eigenvalue weighted by Gasteiger charge is -2.13. The van der Waals surface area contributed by atoms with Crippen molar-refractivity contribution in [2.75, 3.05) is 10.6 Å². The fourth-order valence-electron chi connectivity index (χ4n) is 2.36. The number of carbonyl (C=O) groups is 2. The molecule has 0 unspecified atom stereocenters. The van der Waals surface area contributed by atoms with E-state index >= 15 is 0 Å². The summed E-state index contributed by atoms with van der Waals surface area (Å²) in [6.45, 7) is 1.81. The minimum atomic E-state index is -0.807. The standard InChI is InChI=1S/C21H17ClN2O3/c1-14-11-12-15(22)13-18(14)24-21(26)20(25)23-17-9-5-6-10-19(17)27-16-7-3-2-4-8-16/h2-13H,1H3,(H,23,25)(H,24,26). The lowest BCUT2D eigenvalue weighted by atomic mass is 10.2. The number of anilines is 2. The van der Waals surface area contributed by atoms with Crippen molar-refractivity contribution in [2.24, 2.45) is 0 Å². The zero-order valence-electron chi connectivity index (χ0n) is 14.5. The molecule has 0 aliphatic rings. The largest absolute Gasteiger partial charge is 0.455 e. The van der Waals surface area contributed by atoms with E-state index in [0.29, 0.717) is 27.9 Å². The number of aryl methyl sites for hydroxylation is 1. The monoisotopic (exact) mass is 380 g/mol. The van der Waals surface area contributed by atoms with E-state index in [2.05, 4.69) is 10.6 Å². The van der Waals surface area contributed by atoms with Gasteiger partial charge in [-0.2, -0.15) is 0 Å². The molecule has 0 radical (unpaired) electrons. The van der Waals surface area contributed by atoms with Crippen molar-refractivity contribution >= 4 is 34.8 Å². The number of carbonyl (C=O) groups excluding carboxylic acids is 2. The number of nitrogens with one attached hydrogen (secondary N) is 2. The molecule has 2 amide bonds. The summed E-state index contributed by atoms with van der Waals surface area (Å²) in [5.41, 5.74) is 1.68. The number of rotatable bonds is 4. The number of hydrogen-bond donors (Lipinski definition) is 2. The molecule has 0 aliphatic carbocycles. The Balaban J connectivity index is 1.72. The third-order valence-corrected chi connectivity index (χ3v) is 4.00. The summed E-state index contributed by atoms with van der Waals surface area (Å²) in [5.74, 6) is -0.546. The molecule has 5 nitrogen and oxygen atoms in total. The van der Waals surface area contributed by atoms with Crippen LogP contribution in [0.4, 0.5) is 11.4 Å². The van der Waals surface area contributed by atoms with Crippen LogP contribution in [0, 0.1) is 6.92 Å². The highest BCUT2D eigenvalue weighted by molar-refractivity contribution is 6.44. The first kappa shape index (κ1) is 18.5. The van der Waals surface area contributed by atoms with Crippen molar-refractivity contribution in [3.63, 3.8) is 0 Å². The summed E-state index contributed by atoms with van der Waals surface area (Å²) < 4.78 is 5.78. The quantitative estimate of drug-likeness (QED) is 0.624. The smallest absolute Gasteiger partial charge is 0.314 e. The number of halogens is 1. The number of amides is 2. The molecule has 2 N–H and O–H groups in total. The highest BCUT2D eigenvalue weighted by Gasteiger charge is 2.17. The fraction of sp³-hybridized carbons (Fsp3) is 0.0476. The Morgan fingerprint density at radius 1 is 0.815 bits per heavy atom. The van der Waals surface area contributed by atoms with Crippen molar-refractivity contribution < 1.29 is 14.3 Å². The van der Waals surface area contributed by atoms with Gasteiger partial charge in [-0.15, -0.1) is 0 Å². The van der Waals surface area contributed by atoms with E-state index < -0.39 is 11.8 Å². The molecular formula is C21H17ClN2O3. The first-order valence-corrected chi connectivity index (χ1v) is 8.61. The van der Waals surface area contributed by atoms with Gasteiger partial charge < -0.3 is 15.4 Å². The summed E-state index contributed by atoms with van der Waals surface area (Å²) >= 11 is 5.94. The van der Waals surface area contributed by atoms with Gasteiger partial charge in [0.15, 0.2) is 5.75 Å². The van der Waals surface area contributed by atoms with E-state index in [1.807, 2.05) is 25.1 Å². The second-order valence-electron chi connectivity index (χ2n) is 5.78. The van der Waals surface area contributed by atoms with Gasteiger partial charge in [-0.25, -0.2) is 0 Å². The van der Waals surface area contributed by atoms with Crippen LogP contribution in [0.5, 0.6) is 11.5 Å². The van der Waals surface area contributed by atoms with Crippen LogP contribution in [0.1, 0.15) is 5.56 Å². The Morgan fingerprint density at radius 3 is 2.19 bits per heavy atom. The molecule has 3 rings (SSSR count). The second kappa shape index (κ2) is 8.38. The number of para-hydroxylation sites is 3. The van der Waals surface area contributed by atoms with Crippen LogP contribution in [0.2, 0.25) is 5.02 Å². The van der Waals surface area contributed by atoms with Crippen molar-refractivity contribution in [3.8, 4) is 11.5 Å². The van der Waals surface area contributed by atoms with Crippen LogP contribution < -0.4 is 15.4 Å². The van der Waals surface area contributed by atoms with Crippen molar-refractivity contribution in [2.45, 2.75) is 6.92 Å². The maximum Gasteiger partial charge on any atom is 0.314 e. The van der Waals surface area contributed by atoms with Gasteiger partial charge in [0, 0.05) is 10.7 Å². The van der Waals surface area contributed by atoms with Crippen molar-refractivity contribution in [3.05, 3.63) is 83.4 Å². The zero-order valence-corrected chi connectivity index (χ0v) is 15.3. The minimum Gasteiger partial charge on any atom is -0.455 e. The Hall–Kier alpha value is -3.31. The molecular weight excluding hydrogens is 364 g/mol. The normalized spacial score (nSPS) is 10.1. The Kier molecular flexibility index (Phi) is 5.74. The fourth-order valence-corrected chi connectivity index (χ4v) is 2.53. The Bertz CT molecular complexity index is 974. The van der Waals surface area contributed by atoms with Gasteiger partial charge in [0.25, 0.3) is 0 Å². The van der Waals surface area contributed by atoms with Gasteiger partial charge in [-0.3, -0.25) is 9.59 Å². The zero-order chi connectivity index (χ0) is 19.2. The average molecular weight is 381 g/mol. The molecule has 0 spiro atoms. The summed E-state index contributed by atoms with van der Waals surface area (Å²) in [6, 6.07) is 21.1. The predicted octanol–water partition coefficient (Wildman–Crippen LogP) is 5.02. The molecule has 0 aromatic heterocycles. The molecule has 0 fully saturated rings. The Morgan fingerprint density at radius 2 is 1.44 bits per heavy atom. The number of ether oxygens (including phenoxy) is 1.